The Hall–Kier alpha value is -1.10. The van der Waals surface area contributed by atoms with Gasteiger partial charge in [0.1, 0.15) is 0 Å². The van der Waals surface area contributed by atoms with E-state index in [0.717, 1.165) is 19.3 Å². The van der Waals surface area contributed by atoms with Crippen molar-refractivity contribution in [3.05, 3.63) is 0 Å². The summed E-state index contributed by atoms with van der Waals surface area (Å²) in [5.41, 5.74) is -0.816. The highest BCUT2D eigenvalue weighted by Crippen LogP contribution is 2.41. The maximum absolute atomic E-state index is 11.8. The van der Waals surface area contributed by atoms with Crippen molar-refractivity contribution >= 4 is 11.9 Å². The molecular weight excluding hydrogens is 222 g/mol. The summed E-state index contributed by atoms with van der Waals surface area (Å²) in [6.45, 7) is 1.22. The fraction of sp³-hybridized carbons (Fsp3) is 0.833. The van der Waals surface area contributed by atoms with Gasteiger partial charge in [0.25, 0.3) is 0 Å². The molecule has 1 atom stereocenters. The van der Waals surface area contributed by atoms with Gasteiger partial charge < -0.3 is 15.2 Å². The second-order valence-electron chi connectivity index (χ2n) is 5.10. The van der Waals surface area contributed by atoms with Gasteiger partial charge in [0, 0.05) is 13.0 Å². The van der Waals surface area contributed by atoms with E-state index in [1.807, 2.05) is 0 Å². The molecule has 1 aliphatic carbocycles. The maximum Gasteiger partial charge on any atom is 0.310 e. The van der Waals surface area contributed by atoms with E-state index in [1.54, 1.807) is 0 Å². The normalized spacial score (nSPS) is 26.9. The van der Waals surface area contributed by atoms with Crippen LogP contribution in [0, 0.1) is 5.41 Å². The third-order valence-corrected chi connectivity index (χ3v) is 3.81. The molecule has 1 saturated carbocycles. The first-order chi connectivity index (χ1) is 8.12. The highest BCUT2D eigenvalue weighted by atomic mass is 16.5. The van der Waals surface area contributed by atoms with Gasteiger partial charge in [-0.1, -0.05) is 12.8 Å². The van der Waals surface area contributed by atoms with Crippen molar-refractivity contribution < 1.29 is 19.4 Å². The van der Waals surface area contributed by atoms with Crippen molar-refractivity contribution in [2.24, 2.45) is 5.41 Å². The van der Waals surface area contributed by atoms with E-state index in [1.165, 1.54) is 0 Å². The van der Waals surface area contributed by atoms with Crippen molar-refractivity contribution in [3.8, 4) is 0 Å². The van der Waals surface area contributed by atoms with E-state index in [9.17, 15) is 14.7 Å². The molecule has 0 spiro atoms. The average Bonchev–Trinajstić information content (AvgIpc) is 2.89. The van der Waals surface area contributed by atoms with Crippen molar-refractivity contribution in [1.29, 1.82) is 0 Å². The number of carboxylic acids is 1. The Balaban J connectivity index is 1.89. The topological polar surface area (TPSA) is 75.6 Å². The number of rotatable bonds is 4. The largest absolute Gasteiger partial charge is 0.481 e. The van der Waals surface area contributed by atoms with Crippen LogP contribution >= 0.6 is 0 Å². The molecule has 0 radical (unpaired) electrons. The summed E-state index contributed by atoms with van der Waals surface area (Å²) in [5.74, 6) is -0.974. The SMILES string of the molecule is O=C(CC1(C(=O)O)CCCC1)NC1CCOC1. The first-order valence-corrected chi connectivity index (χ1v) is 6.23. The molecule has 0 aromatic rings. The summed E-state index contributed by atoms with van der Waals surface area (Å²) >= 11 is 0. The Morgan fingerprint density at radius 2 is 2.06 bits per heavy atom. The lowest BCUT2D eigenvalue weighted by molar-refractivity contribution is -0.151. The fourth-order valence-corrected chi connectivity index (χ4v) is 2.75. The first kappa shape index (κ1) is 12.4. The minimum atomic E-state index is -0.826. The van der Waals surface area contributed by atoms with Gasteiger partial charge >= 0.3 is 5.97 Å². The summed E-state index contributed by atoms with van der Waals surface area (Å²) in [4.78, 5) is 23.1. The van der Waals surface area contributed by atoms with Crippen molar-refractivity contribution in [2.75, 3.05) is 13.2 Å². The van der Waals surface area contributed by atoms with Gasteiger partial charge in [-0.2, -0.15) is 0 Å². The fourth-order valence-electron chi connectivity index (χ4n) is 2.75. The number of hydrogen-bond acceptors (Lipinski definition) is 3. The number of nitrogens with one attached hydrogen (secondary N) is 1. The second-order valence-corrected chi connectivity index (χ2v) is 5.10. The molecule has 0 bridgehead atoms. The van der Waals surface area contributed by atoms with Crippen LogP contribution < -0.4 is 5.32 Å². The molecule has 0 aromatic carbocycles. The lowest BCUT2D eigenvalue weighted by Gasteiger charge is -2.23. The van der Waals surface area contributed by atoms with Gasteiger partial charge in [-0.25, -0.2) is 0 Å². The monoisotopic (exact) mass is 241 g/mol. The van der Waals surface area contributed by atoms with E-state index in [4.69, 9.17) is 4.74 Å². The molecule has 5 nitrogen and oxygen atoms in total. The molecule has 1 unspecified atom stereocenters. The molecule has 1 aliphatic heterocycles. The minimum Gasteiger partial charge on any atom is -0.481 e. The summed E-state index contributed by atoms with van der Waals surface area (Å²) < 4.78 is 5.17. The molecule has 1 saturated heterocycles. The van der Waals surface area contributed by atoms with E-state index < -0.39 is 11.4 Å². The number of carbonyl (C=O) groups is 2. The molecule has 2 aliphatic rings. The number of amides is 1. The van der Waals surface area contributed by atoms with Gasteiger partial charge in [-0.05, 0) is 19.3 Å². The van der Waals surface area contributed by atoms with Crippen LogP contribution in [0.4, 0.5) is 0 Å². The van der Waals surface area contributed by atoms with E-state index in [2.05, 4.69) is 5.32 Å². The van der Waals surface area contributed by atoms with Crippen LogP contribution in [0.1, 0.15) is 38.5 Å². The van der Waals surface area contributed by atoms with Crippen LogP contribution in [0.5, 0.6) is 0 Å². The Morgan fingerprint density at radius 1 is 1.35 bits per heavy atom. The molecule has 2 rings (SSSR count). The van der Waals surface area contributed by atoms with Crippen LogP contribution in [0.25, 0.3) is 0 Å². The molecular formula is C12H19NO4. The summed E-state index contributed by atoms with van der Waals surface area (Å²) in [6, 6.07) is 0.0646. The molecule has 1 heterocycles. The third-order valence-electron chi connectivity index (χ3n) is 3.81. The smallest absolute Gasteiger partial charge is 0.310 e. The zero-order valence-corrected chi connectivity index (χ0v) is 9.91. The Morgan fingerprint density at radius 3 is 2.59 bits per heavy atom. The van der Waals surface area contributed by atoms with Crippen molar-refractivity contribution in [2.45, 2.75) is 44.6 Å². The Kier molecular flexibility index (Phi) is 3.66. The van der Waals surface area contributed by atoms with Crippen molar-refractivity contribution in [1.82, 2.24) is 5.32 Å². The standard InChI is InChI=1S/C12H19NO4/c14-10(13-9-3-6-17-8-9)7-12(11(15)16)4-1-2-5-12/h9H,1-8H2,(H,13,14)(H,15,16). The molecule has 17 heavy (non-hydrogen) atoms. The highest BCUT2D eigenvalue weighted by Gasteiger charge is 2.43. The first-order valence-electron chi connectivity index (χ1n) is 6.23. The molecule has 0 aromatic heterocycles. The van der Waals surface area contributed by atoms with E-state index in [0.29, 0.717) is 26.1 Å². The third kappa shape index (κ3) is 2.77. The summed E-state index contributed by atoms with van der Waals surface area (Å²) in [5, 5.41) is 12.1. The predicted octanol–water partition coefficient (Wildman–Crippen LogP) is 0.927. The quantitative estimate of drug-likeness (QED) is 0.767. The molecule has 1 amide bonds. The molecule has 5 heteroatoms. The lowest BCUT2D eigenvalue weighted by Crippen LogP contribution is -2.40. The Labute approximate surface area is 101 Å². The number of carbonyl (C=O) groups excluding carboxylic acids is 1. The van der Waals surface area contributed by atoms with Gasteiger partial charge in [0.15, 0.2) is 0 Å². The minimum absolute atomic E-state index is 0.0646. The number of hydrogen-bond donors (Lipinski definition) is 2. The molecule has 2 fully saturated rings. The molecule has 96 valence electrons. The second kappa shape index (κ2) is 5.04. The summed E-state index contributed by atoms with van der Waals surface area (Å²) in [7, 11) is 0. The highest BCUT2D eigenvalue weighted by molar-refractivity contribution is 5.85. The van der Waals surface area contributed by atoms with Crippen LogP contribution in [0.2, 0.25) is 0 Å². The van der Waals surface area contributed by atoms with Crippen LogP contribution in [-0.4, -0.2) is 36.2 Å². The van der Waals surface area contributed by atoms with Gasteiger partial charge in [-0.15, -0.1) is 0 Å². The zero-order valence-electron chi connectivity index (χ0n) is 9.91. The van der Waals surface area contributed by atoms with Gasteiger partial charge in [0.05, 0.1) is 18.1 Å². The summed E-state index contributed by atoms with van der Waals surface area (Å²) in [6.07, 6.45) is 4.00. The van der Waals surface area contributed by atoms with Gasteiger partial charge in [-0.3, -0.25) is 9.59 Å². The average molecular weight is 241 g/mol. The van der Waals surface area contributed by atoms with Crippen LogP contribution in [0.3, 0.4) is 0 Å². The van der Waals surface area contributed by atoms with Crippen molar-refractivity contribution in [3.63, 3.8) is 0 Å². The van der Waals surface area contributed by atoms with Crippen LogP contribution in [-0.2, 0) is 14.3 Å². The lowest BCUT2D eigenvalue weighted by atomic mass is 9.82. The number of aliphatic carboxylic acids is 1. The number of ether oxygens (including phenoxy) is 1. The Bertz CT molecular complexity index is 304. The van der Waals surface area contributed by atoms with E-state index >= 15 is 0 Å². The van der Waals surface area contributed by atoms with Gasteiger partial charge in [0.2, 0.25) is 5.91 Å². The maximum atomic E-state index is 11.8. The molecule has 2 N–H and O–H groups in total. The van der Waals surface area contributed by atoms with Crippen LogP contribution in [0.15, 0.2) is 0 Å². The zero-order chi connectivity index (χ0) is 12.3. The van der Waals surface area contributed by atoms with E-state index in [-0.39, 0.29) is 18.4 Å². The number of carboxylic acid groups (broad SMARTS) is 1. The predicted molar refractivity (Wildman–Crippen MR) is 60.5 cm³/mol.